The molecular weight excluding hydrogens is 511 g/mol. The topological polar surface area (TPSA) is 84.2 Å². The number of hydrogen-bond donors (Lipinski definition) is 0. The normalized spacial score (nSPS) is 16.7. The molecule has 200 valence electrons. The summed E-state index contributed by atoms with van der Waals surface area (Å²) in [6.07, 6.45) is 5.28. The third-order valence-electron chi connectivity index (χ3n) is 7.68. The molecule has 2 atom stereocenters. The maximum absolute atomic E-state index is 13.0. The number of carbonyl (C=O) groups excluding carboxylic acids is 1. The molecule has 0 aliphatic heterocycles. The number of carboxylic acid groups (broad SMARTS) is 1. The molecule has 0 saturated heterocycles. The predicted octanol–water partition coefficient (Wildman–Crippen LogP) is 1.61. The van der Waals surface area contributed by atoms with Gasteiger partial charge in [0.15, 0.2) is 0 Å². The first-order valence-corrected chi connectivity index (χ1v) is 13.7. The van der Waals surface area contributed by atoms with Gasteiger partial charge in [-0.05, 0) is 66.0 Å². The molecule has 2 unspecified atom stereocenters. The summed E-state index contributed by atoms with van der Waals surface area (Å²) in [6, 6.07) is 31.7. The molecular formula is C33H33N2NaO4. The average molecular weight is 545 g/mol. The third-order valence-corrected chi connectivity index (χ3v) is 7.68. The van der Waals surface area contributed by atoms with Gasteiger partial charge in [-0.3, -0.25) is 4.79 Å². The van der Waals surface area contributed by atoms with Crippen molar-refractivity contribution in [1.29, 1.82) is 0 Å². The third kappa shape index (κ3) is 7.72. The van der Waals surface area contributed by atoms with Gasteiger partial charge in [0.2, 0.25) is 0 Å². The van der Waals surface area contributed by atoms with E-state index >= 15 is 0 Å². The molecule has 1 fully saturated rings. The first-order valence-electron chi connectivity index (χ1n) is 13.7. The quantitative estimate of drug-likeness (QED) is 0.283. The zero-order valence-electron chi connectivity index (χ0n) is 22.9. The van der Waals surface area contributed by atoms with Gasteiger partial charge in [0.05, 0.1) is 17.6 Å². The van der Waals surface area contributed by atoms with E-state index in [1.54, 1.807) is 16.8 Å². The molecule has 40 heavy (non-hydrogen) atoms. The van der Waals surface area contributed by atoms with Crippen LogP contribution in [-0.2, 0) is 17.8 Å². The first-order chi connectivity index (χ1) is 19.1. The number of carbonyl (C=O) groups is 1. The largest absolute Gasteiger partial charge is 1.00 e. The molecule has 0 bridgehead atoms. The minimum Gasteiger partial charge on any atom is -0.546 e. The van der Waals surface area contributed by atoms with Crippen molar-refractivity contribution in [2.75, 3.05) is 6.61 Å². The Morgan fingerprint density at radius 3 is 2.17 bits per heavy atom. The van der Waals surface area contributed by atoms with E-state index in [0.717, 1.165) is 54.5 Å². The minimum atomic E-state index is -1.24. The van der Waals surface area contributed by atoms with Crippen molar-refractivity contribution in [3.05, 3.63) is 130 Å². The predicted molar refractivity (Wildman–Crippen MR) is 148 cm³/mol. The second-order valence-electron chi connectivity index (χ2n) is 10.3. The first kappa shape index (κ1) is 29.8. The van der Waals surface area contributed by atoms with Gasteiger partial charge in [0.1, 0.15) is 12.4 Å². The van der Waals surface area contributed by atoms with Crippen molar-refractivity contribution >= 4 is 5.97 Å². The molecule has 1 heterocycles. The van der Waals surface area contributed by atoms with Gasteiger partial charge in [0.25, 0.3) is 5.56 Å². The summed E-state index contributed by atoms with van der Waals surface area (Å²) in [4.78, 5) is 23.8. The Morgan fingerprint density at radius 1 is 0.875 bits per heavy atom. The van der Waals surface area contributed by atoms with Crippen LogP contribution in [0.1, 0.15) is 54.0 Å². The fourth-order valence-electron chi connectivity index (χ4n) is 5.80. The van der Waals surface area contributed by atoms with E-state index in [1.165, 1.54) is 0 Å². The molecule has 0 N–H and O–H groups in total. The van der Waals surface area contributed by atoms with Crippen molar-refractivity contribution in [3.8, 4) is 5.75 Å². The second-order valence-corrected chi connectivity index (χ2v) is 10.3. The number of aromatic nitrogens is 2. The van der Waals surface area contributed by atoms with Gasteiger partial charge in [-0.15, -0.1) is 0 Å². The Hall–Kier alpha value is -3.19. The van der Waals surface area contributed by atoms with Gasteiger partial charge < -0.3 is 14.6 Å². The molecule has 1 saturated carbocycles. The van der Waals surface area contributed by atoms with E-state index in [9.17, 15) is 14.7 Å². The Balaban J connectivity index is 0.00000370. The Bertz CT molecular complexity index is 1400. The number of nitrogens with zero attached hydrogens (tertiary/aromatic N) is 2. The summed E-state index contributed by atoms with van der Waals surface area (Å²) >= 11 is 0. The summed E-state index contributed by atoms with van der Waals surface area (Å²) in [5, 5.41) is 15.7. The number of rotatable bonds is 10. The number of carboxylic acids is 1. The summed E-state index contributed by atoms with van der Waals surface area (Å²) in [5.74, 6) is -0.0622. The summed E-state index contributed by atoms with van der Waals surface area (Å²) < 4.78 is 6.99. The Kier molecular flexibility index (Phi) is 10.8. The Labute approximate surface area is 257 Å². The number of ether oxygens (including phenoxy) is 1. The zero-order chi connectivity index (χ0) is 27.0. The molecule has 6 nitrogen and oxygen atoms in total. The standard InChI is InChI=1S/C33H34N2O4.Na/c36-31-19-18-30(33(25-11-3-1-4-12-25)26-13-5-2-6-14-26)34-35(31)22-28-16-8-7-15-27(28)20-24-10-9-17-29(21-24)39-23-32(37)38;/h1-6,9-14,17-19,21,27-28,33H,7-8,15-16,20,22-23H2,(H,37,38);/q;+1/p-1. The molecule has 3 aromatic carbocycles. The zero-order valence-corrected chi connectivity index (χ0v) is 24.9. The maximum atomic E-state index is 13.0. The summed E-state index contributed by atoms with van der Waals surface area (Å²) in [5.41, 5.74) is 4.15. The fraction of sp³-hybridized carbons (Fsp3) is 0.303. The molecule has 7 heteroatoms. The summed E-state index contributed by atoms with van der Waals surface area (Å²) in [6.45, 7) is 0.113. The molecule has 5 rings (SSSR count). The van der Waals surface area contributed by atoms with Crippen LogP contribution in [0.15, 0.2) is 102 Å². The second kappa shape index (κ2) is 14.4. The summed E-state index contributed by atoms with van der Waals surface area (Å²) in [7, 11) is 0. The molecule has 1 aliphatic carbocycles. The smallest absolute Gasteiger partial charge is 0.546 e. The number of benzene rings is 3. The van der Waals surface area contributed by atoms with Gasteiger partial charge in [-0.25, -0.2) is 4.68 Å². The SMILES string of the molecule is O=C([O-])COc1cccc(CC2CCCCC2Cn2nc(C(c3ccccc3)c3ccccc3)ccc2=O)c1.[Na+]. The van der Waals surface area contributed by atoms with Gasteiger partial charge in [-0.2, -0.15) is 5.10 Å². The van der Waals surface area contributed by atoms with E-state index in [-0.39, 0.29) is 41.0 Å². The van der Waals surface area contributed by atoms with E-state index in [0.29, 0.717) is 24.1 Å². The number of aliphatic carboxylic acids is 1. The monoisotopic (exact) mass is 544 g/mol. The number of hydrogen-bond acceptors (Lipinski definition) is 5. The van der Waals surface area contributed by atoms with Crippen molar-refractivity contribution in [3.63, 3.8) is 0 Å². The van der Waals surface area contributed by atoms with Crippen LogP contribution >= 0.6 is 0 Å². The molecule has 0 radical (unpaired) electrons. The van der Waals surface area contributed by atoms with Crippen LogP contribution < -0.4 is 45.0 Å². The molecule has 1 aliphatic rings. The van der Waals surface area contributed by atoms with Gasteiger partial charge in [0, 0.05) is 12.6 Å². The molecule has 0 spiro atoms. The van der Waals surface area contributed by atoms with Crippen molar-refractivity contribution in [1.82, 2.24) is 9.78 Å². The molecule has 4 aromatic rings. The van der Waals surface area contributed by atoms with E-state index in [2.05, 4.69) is 24.3 Å². The fourth-order valence-corrected chi connectivity index (χ4v) is 5.80. The van der Waals surface area contributed by atoms with Crippen LogP contribution in [0.3, 0.4) is 0 Å². The van der Waals surface area contributed by atoms with Crippen LogP contribution in [-0.4, -0.2) is 22.4 Å². The maximum Gasteiger partial charge on any atom is 1.00 e. The molecule has 1 aromatic heterocycles. The van der Waals surface area contributed by atoms with E-state index in [1.807, 2.05) is 60.7 Å². The van der Waals surface area contributed by atoms with Crippen molar-refractivity contribution in [2.45, 2.75) is 44.6 Å². The van der Waals surface area contributed by atoms with Crippen LogP contribution in [0.2, 0.25) is 0 Å². The Morgan fingerprint density at radius 2 is 1.52 bits per heavy atom. The minimum absolute atomic E-state index is 0. The van der Waals surface area contributed by atoms with Crippen LogP contribution in [0, 0.1) is 11.8 Å². The average Bonchev–Trinajstić information content (AvgIpc) is 2.96. The van der Waals surface area contributed by atoms with Crippen molar-refractivity contribution in [2.24, 2.45) is 11.8 Å². The van der Waals surface area contributed by atoms with E-state index in [4.69, 9.17) is 9.84 Å². The van der Waals surface area contributed by atoms with Crippen LogP contribution in [0.4, 0.5) is 0 Å². The van der Waals surface area contributed by atoms with Crippen LogP contribution in [0.5, 0.6) is 5.75 Å². The van der Waals surface area contributed by atoms with Crippen LogP contribution in [0.25, 0.3) is 0 Å². The molecule has 0 amide bonds. The van der Waals surface area contributed by atoms with Crippen molar-refractivity contribution < 1.29 is 44.2 Å². The van der Waals surface area contributed by atoms with Gasteiger partial charge >= 0.3 is 29.6 Å². The van der Waals surface area contributed by atoms with Gasteiger partial charge in [-0.1, -0.05) is 85.6 Å². The van der Waals surface area contributed by atoms with E-state index < -0.39 is 12.6 Å².